The number of amides is 2. The van der Waals surface area contributed by atoms with E-state index in [1.54, 1.807) is 13.0 Å². The quantitative estimate of drug-likeness (QED) is 0.867. The van der Waals surface area contributed by atoms with Crippen LogP contribution in [0.3, 0.4) is 0 Å². The van der Waals surface area contributed by atoms with Gasteiger partial charge in [-0.1, -0.05) is 40.5 Å². The molecule has 6 heteroatoms. The van der Waals surface area contributed by atoms with Gasteiger partial charge in [-0.25, -0.2) is 0 Å². The lowest BCUT2D eigenvalue weighted by atomic mass is 10.1. The van der Waals surface area contributed by atoms with Crippen LogP contribution in [0.25, 0.3) is 0 Å². The molecule has 18 heavy (non-hydrogen) atoms. The number of hydrogen-bond acceptors (Lipinski definition) is 2. The summed E-state index contributed by atoms with van der Waals surface area (Å²) in [4.78, 5) is 22.4. The third-order valence-corrected chi connectivity index (χ3v) is 3.27. The van der Waals surface area contributed by atoms with Crippen molar-refractivity contribution in [1.82, 2.24) is 5.32 Å². The van der Waals surface area contributed by atoms with Crippen molar-refractivity contribution in [3.8, 4) is 0 Å². The summed E-state index contributed by atoms with van der Waals surface area (Å²) in [5.74, 6) is -1.14. The Balaban J connectivity index is 2.54. The molecule has 98 valence electrons. The van der Waals surface area contributed by atoms with Crippen LogP contribution in [0.1, 0.15) is 18.9 Å². The van der Waals surface area contributed by atoms with E-state index < -0.39 is 11.8 Å². The molecule has 4 nitrogen and oxygen atoms in total. The molecule has 0 aliphatic rings. The first-order valence-electron chi connectivity index (χ1n) is 5.40. The molecule has 2 amide bonds. The molecule has 1 atom stereocenters. The van der Waals surface area contributed by atoms with Crippen molar-refractivity contribution in [3.63, 3.8) is 0 Å². The molecule has 1 aromatic rings. The van der Waals surface area contributed by atoms with Crippen LogP contribution in [0.2, 0.25) is 5.02 Å². The summed E-state index contributed by atoms with van der Waals surface area (Å²) in [6.45, 7) is 1.98. The van der Waals surface area contributed by atoms with E-state index in [0.29, 0.717) is 11.6 Å². The van der Waals surface area contributed by atoms with Gasteiger partial charge < -0.3 is 11.1 Å². The molecule has 0 spiro atoms. The van der Waals surface area contributed by atoms with Crippen LogP contribution < -0.4 is 11.1 Å². The number of carbonyl (C=O) groups excluding carboxylic acids is 2. The second-order valence-corrected chi connectivity index (χ2v) is 5.35. The number of hydrogen-bond donors (Lipinski definition) is 2. The van der Waals surface area contributed by atoms with Crippen LogP contribution in [0.15, 0.2) is 22.7 Å². The van der Waals surface area contributed by atoms with Crippen LogP contribution >= 0.6 is 27.5 Å². The summed E-state index contributed by atoms with van der Waals surface area (Å²) in [6, 6.07) is 5.43. The Morgan fingerprint density at radius 1 is 1.50 bits per heavy atom. The highest BCUT2D eigenvalue weighted by Crippen LogP contribution is 2.21. The summed E-state index contributed by atoms with van der Waals surface area (Å²) in [5.41, 5.74) is 5.85. The first kappa shape index (κ1) is 15.0. The Bertz CT molecular complexity index is 465. The molecule has 1 rings (SSSR count). The zero-order valence-corrected chi connectivity index (χ0v) is 12.2. The topological polar surface area (TPSA) is 72.2 Å². The van der Waals surface area contributed by atoms with Gasteiger partial charge in [0.2, 0.25) is 11.8 Å². The van der Waals surface area contributed by atoms with Crippen molar-refractivity contribution in [2.75, 3.05) is 0 Å². The predicted molar refractivity (Wildman–Crippen MR) is 74.0 cm³/mol. The van der Waals surface area contributed by atoms with Crippen LogP contribution in [0.5, 0.6) is 0 Å². The van der Waals surface area contributed by atoms with Gasteiger partial charge in [0.25, 0.3) is 0 Å². The third kappa shape index (κ3) is 4.66. The molecule has 0 radical (unpaired) electrons. The lowest BCUT2D eigenvalue weighted by Crippen LogP contribution is -2.31. The lowest BCUT2D eigenvalue weighted by molar-refractivity contribution is -0.128. The van der Waals surface area contributed by atoms with Gasteiger partial charge in [0.1, 0.15) is 0 Å². The van der Waals surface area contributed by atoms with E-state index >= 15 is 0 Å². The van der Waals surface area contributed by atoms with E-state index in [1.165, 1.54) is 0 Å². The Morgan fingerprint density at radius 3 is 2.72 bits per heavy atom. The highest BCUT2D eigenvalue weighted by atomic mass is 79.9. The van der Waals surface area contributed by atoms with Crippen LogP contribution in [0.4, 0.5) is 0 Å². The minimum absolute atomic E-state index is 0.0416. The van der Waals surface area contributed by atoms with Gasteiger partial charge in [0, 0.05) is 28.4 Å². The fourth-order valence-corrected chi connectivity index (χ4v) is 2.16. The molecule has 0 aliphatic heterocycles. The van der Waals surface area contributed by atoms with Gasteiger partial charge >= 0.3 is 0 Å². The number of benzene rings is 1. The SMILES string of the molecule is CC(CC(N)=O)C(=O)NCc1ccc(Br)cc1Cl. The summed E-state index contributed by atoms with van der Waals surface area (Å²) in [5, 5.41) is 3.29. The van der Waals surface area contributed by atoms with Gasteiger partial charge in [0.15, 0.2) is 0 Å². The molecule has 0 bridgehead atoms. The third-order valence-electron chi connectivity index (χ3n) is 2.42. The predicted octanol–water partition coefficient (Wildman–Crippen LogP) is 2.23. The standard InChI is InChI=1S/C12H14BrClN2O2/c1-7(4-11(15)17)12(18)16-6-8-2-3-9(13)5-10(8)14/h2-3,5,7H,4,6H2,1H3,(H2,15,17)(H,16,18). The molecular weight excluding hydrogens is 320 g/mol. The second-order valence-electron chi connectivity index (χ2n) is 4.03. The smallest absolute Gasteiger partial charge is 0.223 e. The number of nitrogens with one attached hydrogen (secondary N) is 1. The number of nitrogens with two attached hydrogens (primary N) is 1. The second kappa shape index (κ2) is 6.75. The van der Waals surface area contributed by atoms with Crippen molar-refractivity contribution < 1.29 is 9.59 Å². The normalized spacial score (nSPS) is 11.9. The Labute approximate surface area is 119 Å². The van der Waals surface area contributed by atoms with E-state index in [2.05, 4.69) is 21.2 Å². The molecular formula is C12H14BrClN2O2. The molecule has 0 aromatic heterocycles. The molecule has 0 aliphatic carbocycles. The minimum atomic E-state index is -0.487. The number of primary amides is 1. The molecule has 1 unspecified atom stereocenters. The van der Waals surface area contributed by atoms with E-state index in [1.807, 2.05) is 12.1 Å². The van der Waals surface area contributed by atoms with Crippen molar-refractivity contribution >= 4 is 39.3 Å². The average Bonchev–Trinajstić information content (AvgIpc) is 2.26. The van der Waals surface area contributed by atoms with Crippen molar-refractivity contribution in [2.45, 2.75) is 19.9 Å². The van der Waals surface area contributed by atoms with Crippen LogP contribution in [-0.4, -0.2) is 11.8 Å². The van der Waals surface area contributed by atoms with Gasteiger partial charge in [-0.05, 0) is 17.7 Å². The molecule has 0 saturated carbocycles. The number of rotatable bonds is 5. The van der Waals surface area contributed by atoms with Crippen LogP contribution in [0, 0.1) is 5.92 Å². The molecule has 1 aromatic carbocycles. The Morgan fingerprint density at radius 2 is 2.17 bits per heavy atom. The molecule has 0 fully saturated rings. The summed E-state index contributed by atoms with van der Waals surface area (Å²) >= 11 is 9.32. The van der Waals surface area contributed by atoms with Crippen molar-refractivity contribution in [3.05, 3.63) is 33.3 Å². The first-order chi connectivity index (χ1) is 8.40. The van der Waals surface area contributed by atoms with Gasteiger partial charge in [-0.2, -0.15) is 0 Å². The van der Waals surface area contributed by atoms with E-state index in [9.17, 15) is 9.59 Å². The maximum Gasteiger partial charge on any atom is 0.223 e. The van der Waals surface area contributed by atoms with E-state index in [4.69, 9.17) is 17.3 Å². The summed E-state index contributed by atoms with van der Waals surface area (Å²) in [7, 11) is 0. The van der Waals surface area contributed by atoms with Gasteiger partial charge in [-0.15, -0.1) is 0 Å². The number of carbonyl (C=O) groups is 2. The Hall–Kier alpha value is -1.07. The lowest BCUT2D eigenvalue weighted by Gasteiger charge is -2.11. The van der Waals surface area contributed by atoms with E-state index in [-0.39, 0.29) is 12.3 Å². The fraction of sp³-hybridized carbons (Fsp3) is 0.333. The van der Waals surface area contributed by atoms with Gasteiger partial charge in [0.05, 0.1) is 0 Å². The zero-order valence-electron chi connectivity index (χ0n) is 9.87. The van der Waals surface area contributed by atoms with Crippen LogP contribution in [-0.2, 0) is 16.1 Å². The highest BCUT2D eigenvalue weighted by Gasteiger charge is 2.15. The molecule has 0 heterocycles. The summed E-state index contributed by atoms with van der Waals surface area (Å²) < 4.78 is 0.879. The van der Waals surface area contributed by atoms with Crippen molar-refractivity contribution in [1.29, 1.82) is 0 Å². The van der Waals surface area contributed by atoms with E-state index in [0.717, 1.165) is 10.0 Å². The van der Waals surface area contributed by atoms with Crippen molar-refractivity contribution in [2.24, 2.45) is 11.7 Å². The maximum atomic E-state index is 11.7. The Kier molecular flexibility index (Phi) is 5.62. The average molecular weight is 334 g/mol. The largest absolute Gasteiger partial charge is 0.370 e. The number of halogens is 2. The molecule has 3 N–H and O–H groups in total. The highest BCUT2D eigenvalue weighted by molar-refractivity contribution is 9.10. The first-order valence-corrected chi connectivity index (χ1v) is 6.57. The fourth-order valence-electron chi connectivity index (χ4n) is 1.42. The summed E-state index contributed by atoms with van der Waals surface area (Å²) in [6.07, 6.45) is 0.0416. The zero-order chi connectivity index (χ0) is 13.7. The molecule has 0 saturated heterocycles. The monoisotopic (exact) mass is 332 g/mol. The van der Waals surface area contributed by atoms with Gasteiger partial charge in [-0.3, -0.25) is 9.59 Å². The maximum absolute atomic E-state index is 11.7. The minimum Gasteiger partial charge on any atom is -0.370 e.